The molecule has 0 atom stereocenters. The van der Waals surface area contributed by atoms with Gasteiger partial charge in [-0.15, -0.1) is 37.2 Å². The number of fused-ring (bicyclic) bond motifs is 2. The summed E-state index contributed by atoms with van der Waals surface area (Å²) in [7, 11) is 1.79. The molecular weight excluding hydrogens is 579 g/mol. The zero-order valence-corrected chi connectivity index (χ0v) is 25.6. The van der Waals surface area contributed by atoms with Gasteiger partial charge in [-0.05, 0) is 80.3 Å². The minimum atomic E-state index is -0.00274. The van der Waals surface area contributed by atoms with Crippen LogP contribution in [0.15, 0.2) is 96.1 Å². The fourth-order valence-corrected chi connectivity index (χ4v) is 4.79. The number of rotatable bonds is 12. The number of hydrogen-bond donors (Lipinski definition) is 0. The van der Waals surface area contributed by atoms with E-state index in [9.17, 15) is 4.79 Å². The first kappa shape index (κ1) is 34.0. The number of hydrogen-bond acceptors (Lipinski definition) is 5. The van der Waals surface area contributed by atoms with Crippen LogP contribution in [0.3, 0.4) is 0 Å². The van der Waals surface area contributed by atoms with E-state index in [0.29, 0.717) is 6.61 Å². The van der Waals surface area contributed by atoms with Gasteiger partial charge in [0.05, 0.1) is 23.3 Å². The number of halogens is 3. The number of benzene rings is 2. The van der Waals surface area contributed by atoms with Gasteiger partial charge in [0.2, 0.25) is 0 Å². The second kappa shape index (κ2) is 16.9. The maximum atomic E-state index is 11.8. The van der Waals surface area contributed by atoms with Gasteiger partial charge < -0.3 is 9.30 Å². The van der Waals surface area contributed by atoms with E-state index in [1.807, 2.05) is 48.8 Å². The van der Waals surface area contributed by atoms with E-state index in [4.69, 9.17) is 9.72 Å². The van der Waals surface area contributed by atoms with Gasteiger partial charge in [0, 0.05) is 49.4 Å². The molecule has 0 aliphatic carbocycles. The van der Waals surface area contributed by atoms with Crippen molar-refractivity contribution in [2.24, 2.45) is 7.05 Å². The summed E-state index contributed by atoms with van der Waals surface area (Å²) in [6, 6.07) is 26.1. The van der Waals surface area contributed by atoms with Gasteiger partial charge in [-0.1, -0.05) is 30.3 Å². The highest BCUT2D eigenvalue weighted by atomic mass is 35.5. The highest BCUT2D eigenvalue weighted by Gasteiger charge is 2.09. The van der Waals surface area contributed by atoms with Gasteiger partial charge in [0.25, 0.3) is 5.56 Å². The van der Waals surface area contributed by atoms with E-state index < -0.39 is 0 Å². The highest BCUT2D eigenvalue weighted by Crippen LogP contribution is 2.20. The Hall–Kier alpha value is -3.16. The van der Waals surface area contributed by atoms with Crippen LogP contribution in [0.1, 0.15) is 30.5 Å². The summed E-state index contributed by atoms with van der Waals surface area (Å²) in [5.74, 6) is 0.844. The van der Waals surface area contributed by atoms with Gasteiger partial charge in [-0.3, -0.25) is 19.7 Å². The summed E-state index contributed by atoms with van der Waals surface area (Å²) in [5, 5.41) is 2.18. The summed E-state index contributed by atoms with van der Waals surface area (Å²) in [6.45, 7) is 3.50. The van der Waals surface area contributed by atoms with Crippen molar-refractivity contribution in [1.29, 1.82) is 0 Å². The van der Waals surface area contributed by atoms with E-state index in [0.717, 1.165) is 73.2 Å². The molecule has 0 unspecified atom stereocenters. The smallest absolute Gasteiger partial charge is 0.250 e. The highest BCUT2D eigenvalue weighted by molar-refractivity contribution is 5.86. The minimum absolute atomic E-state index is 0. The van der Waals surface area contributed by atoms with E-state index in [-0.39, 0.29) is 42.8 Å². The second-order valence-electron chi connectivity index (χ2n) is 9.74. The molecule has 0 saturated heterocycles. The van der Waals surface area contributed by atoms with Crippen LogP contribution >= 0.6 is 37.2 Å². The topological polar surface area (TPSA) is 60.2 Å². The Balaban J connectivity index is 0.00000196. The Morgan fingerprint density at radius 2 is 1.66 bits per heavy atom. The lowest BCUT2D eigenvalue weighted by atomic mass is 10.1. The van der Waals surface area contributed by atoms with Gasteiger partial charge in [0.15, 0.2) is 0 Å². The molecule has 41 heavy (non-hydrogen) atoms. The summed E-state index contributed by atoms with van der Waals surface area (Å²) < 4.78 is 7.67. The number of para-hydroxylation sites is 1. The monoisotopic (exact) mass is 614 g/mol. The third-order valence-corrected chi connectivity index (χ3v) is 6.97. The number of unbranched alkanes of at least 4 members (excludes halogenated alkanes) is 2. The quantitative estimate of drug-likeness (QED) is 0.141. The Bertz CT molecular complexity index is 1560. The molecule has 9 heteroatoms. The summed E-state index contributed by atoms with van der Waals surface area (Å²) in [6.07, 6.45) is 7.94. The van der Waals surface area contributed by atoms with Crippen molar-refractivity contribution in [2.75, 3.05) is 19.7 Å². The molecule has 218 valence electrons. The van der Waals surface area contributed by atoms with Gasteiger partial charge in [-0.25, -0.2) is 0 Å². The van der Waals surface area contributed by atoms with Gasteiger partial charge >= 0.3 is 0 Å². The van der Waals surface area contributed by atoms with E-state index in [1.54, 1.807) is 17.7 Å². The maximum absolute atomic E-state index is 11.8. The maximum Gasteiger partial charge on any atom is 0.250 e. The number of aromatic nitrogens is 3. The Labute approximate surface area is 260 Å². The summed E-state index contributed by atoms with van der Waals surface area (Å²) in [5.41, 5.74) is 4.32. The van der Waals surface area contributed by atoms with Gasteiger partial charge in [-0.2, -0.15) is 0 Å². The zero-order valence-electron chi connectivity index (χ0n) is 23.1. The first-order valence-electron chi connectivity index (χ1n) is 13.3. The van der Waals surface area contributed by atoms with E-state index >= 15 is 0 Å². The molecule has 0 saturated carbocycles. The van der Waals surface area contributed by atoms with Crippen molar-refractivity contribution in [3.8, 4) is 5.75 Å². The van der Waals surface area contributed by atoms with Crippen LogP contribution in [0.2, 0.25) is 0 Å². The van der Waals surface area contributed by atoms with E-state index in [2.05, 4.69) is 46.3 Å². The molecule has 0 aliphatic heterocycles. The van der Waals surface area contributed by atoms with Gasteiger partial charge in [0.1, 0.15) is 5.75 Å². The number of ether oxygens (including phenoxy) is 1. The minimum Gasteiger partial charge on any atom is -0.494 e. The van der Waals surface area contributed by atoms with Crippen molar-refractivity contribution in [3.05, 3.63) is 113 Å². The molecule has 0 N–H and O–H groups in total. The fraction of sp³-hybridized carbons (Fsp3) is 0.281. The fourth-order valence-electron chi connectivity index (χ4n) is 4.79. The lowest BCUT2D eigenvalue weighted by Crippen LogP contribution is -2.27. The first-order chi connectivity index (χ1) is 18.7. The van der Waals surface area contributed by atoms with Crippen LogP contribution in [0.25, 0.3) is 21.8 Å². The Morgan fingerprint density at radius 3 is 2.49 bits per heavy atom. The van der Waals surface area contributed by atoms with Crippen molar-refractivity contribution >= 4 is 59.0 Å². The van der Waals surface area contributed by atoms with Crippen LogP contribution in [0.5, 0.6) is 5.75 Å². The lowest BCUT2D eigenvalue weighted by molar-refractivity contribution is 0.251. The van der Waals surface area contributed by atoms with Crippen LogP contribution in [-0.4, -0.2) is 39.1 Å². The summed E-state index contributed by atoms with van der Waals surface area (Å²) >= 11 is 0. The van der Waals surface area contributed by atoms with Crippen LogP contribution in [0.4, 0.5) is 0 Å². The standard InChI is InChI=1S/C32H34N4O2.3ClH/c1-35-31-15-14-29(22-27(31)12-16-32(35)37)38-21-6-2-5-19-36(20-17-25-8-7-18-33-23-25)24-28-13-11-26-9-3-4-10-30(26)34-28;;;/h3-4,7-16,18,22-23H,2,5-6,17,19-21,24H2,1H3;3*1H. The average Bonchev–Trinajstić information content (AvgIpc) is 2.96. The molecule has 0 amide bonds. The van der Waals surface area contributed by atoms with Crippen LogP contribution < -0.4 is 10.3 Å². The molecule has 3 heterocycles. The molecule has 0 spiro atoms. The first-order valence-corrected chi connectivity index (χ1v) is 13.3. The molecule has 5 rings (SSSR count). The third-order valence-electron chi connectivity index (χ3n) is 6.97. The van der Waals surface area contributed by atoms with Crippen molar-refractivity contribution in [3.63, 3.8) is 0 Å². The molecular formula is C32H37Cl3N4O2. The van der Waals surface area contributed by atoms with Crippen LogP contribution in [0, 0.1) is 0 Å². The largest absolute Gasteiger partial charge is 0.494 e. The SMILES string of the molecule is Cl.Cl.Cl.Cn1c(=O)ccc2cc(OCCCCCN(CCc3cccnc3)Cc3ccc4ccccc4n3)ccc21. The molecule has 0 bridgehead atoms. The second-order valence-corrected chi connectivity index (χ2v) is 9.74. The van der Waals surface area contributed by atoms with Crippen molar-refractivity contribution in [1.82, 2.24) is 19.4 Å². The zero-order chi connectivity index (χ0) is 26.2. The number of nitrogens with zero attached hydrogens (tertiary/aromatic N) is 4. The normalized spacial score (nSPS) is 10.6. The number of pyridine rings is 3. The van der Waals surface area contributed by atoms with Crippen molar-refractivity contribution < 1.29 is 4.74 Å². The predicted octanol–water partition coefficient (Wildman–Crippen LogP) is 7.04. The molecule has 2 aromatic carbocycles. The van der Waals surface area contributed by atoms with E-state index in [1.165, 1.54) is 10.9 Å². The van der Waals surface area contributed by atoms with Crippen molar-refractivity contribution in [2.45, 2.75) is 32.2 Å². The Kier molecular flexibility index (Phi) is 14.1. The molecule has 5 aromatic rings. The summed E-state index contributed by atoms with van der Waals surface area (Å²) in [4.78, 5) is 23.5. The Morgan fingerprint density at radius 1 is 0.829 bits per heavy atom. The van der Waals surface area contributed by atoms with Crippen LogP contribution in [-0.2, 0) is 20.0 Å². The molecule has 0 fully saturated rings. The number of aryl methyl sites for hydroxylation is 1. The molecule has 3 aromatic heterocycles. The predicted molar refractivity (Wildman–Crippen MR) is 175 cm³/mol. The third kappa shape index (κ3) is 9.44. The molecule has 0 radical (unpaired) electrons. The molecule has 0 aliphatic rings. The molecule has 6 nitrogen and oxygen atoms in total. The average molecular weight is 616 g/mol. The lowest BCUT2D eigenvalue weighted by Gasteiger charge is -2.22.